The lowest BCUT2D eigenvalue weighted by Gasteiger charge is -2.27. The van der Waals surface area contributed by atoms with Crippen LogP contribution in [0.2, 0.25) is 0 Å². The fraction of sp³-hybridized carbons (Fsp3) is 0.833. The number of piperazine rings is 1. The number of carboxylic acids is 1. The zero-order valence-corrected chi connectivity index (χ0v) is 10.9. The predicted octanol–water partition coefficient (Wildman–Crippen LogP) is -0.349. The maximum Gasteiger partial charge on any atom is 0.326 e. The van der Waals surface area contributed by atoms with Gasteiger partial charge < -0.3 is 15.7 Å². The molecule has 1 heterocycles. The maximum atomic E-state index is 11.8. The summed E-state index contributed by atoms with van der Waals surface area (Å²) in [7, 11) is 0. The number of hydrogen-bond acceptors (Lipinski definition) is 4. The lowest BCUT2D eigenvalue weighted by molar-refractivity contribution is -0.142. The summed E-state index contributed by atoms with van der Waals surface area (Å²) in [6.07, 6.45) is 2.24. The van der Waals surface area contributed by atoms with Crippen LogP contribution in [0.5, 0.6) is 0 Å². The van der Waals surface area contributed by atoms with Crippen LogP contribution in [-0.4, -0.2) is 60.6 Å². The SMILES string of the molecule is CCCCC(NC(=O)CN1CCNCC1)C(=O)O. The van der Waals surface area contributed by atoms with Crippen LogP contribution in [0.15, 0.2) is 0 Å². The summed E-state index contributed by atoms with van der Waals surface area (Å²) in [5.41, 5.74) is 0. The molecule has 0 bridgehead atoms. The second-order valence-electron chi connectivity index (χ2n) is 4.63. The van der Waals surface area contributed by atoms with Crippen molar-refractivity contribution in [1.29, 1.82) is 0 Å². The monoisotopic (exact) mass is 257 g/mol. The van der Waals surface area contributed by atoms with Gasteiger partial charge in [-0.1, -0.05) is 19.8 Å². The number of hydrogen-bond donors (Lipinski definition) is 3. The second kappa shape index (κ2) is 8.05. The van der Waals surface area contributed by atoms with Crippen LogP contribution in [0.1, 0.15) is 26.2 Å². The highest BCUT2D eigenvalue weighted by molar-refractivity contribution is 5.84. The van der Waals surface area contributed by atoms with E-state index in [1.54, 1.807) is 0 Å². The highest BCUT2D eigenvalue weighted by atomic mass is 16.4. The zero-order valence-electron chi connectivity index (χ0n) is 10.9. The Hall–Kier alpha value is -1.14. The van der Waals surface area contributed by atoms with Crippen molar-refractivity contribution in [3.63, 3.8) is 0 Å². The van der Waals surface area contributed by atoms with Gasteiger partial charge in [-0.3, -0.25) is 9.69 Å². The molecule has 1 amide bonds. The molecule has 1 fully saturated rings. The number of nitrogens with one attached hydrogen (secondary N) is 2. The molecule has 0 radical (unpaired) electrons. The number of rotatable bonds is 7. The van der Waals surface area contributed by atoms with Gasteiger partial charge in [0.2, 0.25) is 5.91 Å². The number of amides is 1. The van der Waals surface area contributed by atoms with Crippen LogP contribution in [0.3, 0.4) is 0 Å². The Morgan fingerprint density at radius 1 is 1.39 bits per heavy atom. The van der Waals surface area contributed by atoms with Gasteiger partial charge in [0.25, 0.3) is 0 Å². The van der Waals surface area contributed by atoms with Crippen molar-refractivity contribution < 1.29 is 14.7 Å². The molecule has 6 heteroatoms. The maximum absolute atomic E-state index is 11.8. The minimum absolute atomic E-state index is 0.194. The van der Waals surface area contributed by atoms with E-state index in [9.17, 15) is 9.59 Å². The molecule has 1 aliphatic heterocycles. The molecular weight excluding hydrogens is 234 g/mol. The van der Waals surface area contributed by atoms with Crippen LogP contribution in [-0.2, 0) is 9.59 Å². The third-order valence-corrected chi connectivity index (χ3v) is 3.06. The summed E-state index contributed by atoms with van der Waals surface area (Å²) in [6.45, 7) is 5.72. The molecule has 6 nitrogen and oxygen atoms in total. The number of unbranched alkanes of at least 4 members (excludes halogenated alkanes) is 1. The number of carboxylic acid groups (broad SMARTS) is 1. The summed E-state index contributed by atoms with van der Waals surface area (Å²) in [5, 5.41) is 14.8. The molecule has 1 aliphatic rings. The Balaban J connectivity index is 2.32. The van der Waals surface area contributed by atoms with E-state index in [0.717, 1.165) is 39.0 Å². The third-order valence-electron chi connectivity index (χ3n) is 3.06. The van der Waals surface area contributed by atoms with E-state index in [0.29, 0.717) is 6.42 Å². The minimum atomic E-state index is -0.947. The molecule has 0 saturated carbocycles. The normalized spacial score (nSPS) is 18.3. The molecule has 0 aliphatic carbocycles. The lowest BCUT2D eigenvalue weighted by atomic mass is 10.1. The van der Waals surface area contributed by atoms with Crippen LogP contribution >= 0.6 is 0 Å². The molecular formula is C12H23N3O3. The fourth-order valence-corrected chi connectivity index (χ4v) is 1.98. The van der Waals surface area contributed by atoms with Gasteiger partial charge in [-0.25, -0.2) is 4.79 Å². The van der Waals surface area contributed by atoms with Gasteiger partial charge in [-0.05, 0) is 6.42 Å². The summed E-state index contributed by atoms with van der Waals surface area (Å²) >= 11 is 0. The largest absolute Gasteiger partial charge is 0.480 e. The van der Waals surface area contributed by atoms with E-state index in [-0.39, 0.29) is 12.5 Å². The first-order valence-electron chi connectivity index (χ1n) is 6.58. The van der Waals surface area contributed by atoms with E-state index >= 15 is 0 Å². The Kier molecular flexibility index (Phi) is 6.67. The third kappa shape index (κ3) is 5.46. The number of nitrogens with zero attached hydrogens (tertiary/aromatic N) is 1. The first-order valence-corrected chi connectivity index (χ1v) is 6.58. The topological polar surface area (TPSA) is 81.7 Å². The highest BCUT2D eigenvalue weighted by Gasteiger charge is 2.21. The van der Waals surface area contributed by atoms with Crippen LogP contribution in [0.25, 0.3) is 0 Å². The fourth-order valence-electron chi connectivity index (χ4n) is 1.98. The van der Waals surface area contributed by atoms with E-state index in [4.69, 9.17) is 5.11 Å². The molecule has 0 aromatic rings. The van der Waals surface area contributed by atoms with Gasteiger partial charge in [0.1, 0.15) is 6.04 Å². The van der Waals surface area contributed by atoms with Gasteiger partial charge in [-0.15, -0.1) is 0 Å². The molecule has 3 N–H and O–H groups in total. The zero-order chi connectivity index (χ0) is 13.4. The standard InChI is InChI=1S/C12H23N3O3/c1-2-3-4-10(12(17)18)14-11(16)9-15-7-5-13-6-8-15/h10,13H,2-9H2,1H3,(H,14,16)(H,17,18). The van der Waals surface area contributed by atoms with Gasteiger partial charge in [0.15, 0.2) is 0 Å². The van der Waals surface area contributed by atoms with Crippen molar-refractivity contribution in [2.24, 2.45) is 0 Å². The van der Waals surface area contributed by atoms with Crippen molar-refractivity contribution in [1.82, 2.24) is 15.5 Å². The first kappa shape index (κ1) is 14.9. The van der Waals surface area contributed by atoms with E-state index in [1.807, 2.05) is 11.8 Å². The van der Waals surface area contributed by atoms with Crippen molar-refractivity contribution in [2.75, 3.05) is 32.7 Å². The van der Waals surface area contributed by atoms with E-state index < -0.39 is 12.0 Å². The minimum Gasteiger partial charge on any atom is -0.480 e. The molecule has 0 spiro atoms. The molecule has 18 heavy (non-hydrogen) atoms. The Labute approximate surface area is 108 Å². The number of carbonyl (C=O) groups is 2. The van der Waals surface area contributed by atoms with Crippen molar-refractivity contribution in [3.05, 3.63) is 0 Å². The quantitative estimate of drug-likeness (QED) is 0.581. The number of carbonyl (C=O) groups excluding carboxylic acids is 1. The molecule has 104 valence electrons. The average Bonchev–Trinajstić information content (AvgIpc) is 2.35. The van der Waals surface area contributed by atoms with Gasteiger partial charge >= 0.3 is 5.97 Å². The summed E-state index contributed by atoms with van der Waals surface area (Å²) in [6, 6.07) is -0.750. The highest BCUT2D eigenvalue weighted by Crippen LogP contribution is 2.01. The molecule has 1 saturated heterocycles. The molecule has 0 aromatic heterocycles. The first-order chi connectivity index (χ1) is 8.63. The van der Waals surface area contributed by atoms with Crippen molar-refractivity contribution >= 4 is 11.9 Å². The lowest BCUT2D eigenvalue weighted by Crippen LogP contribution is -2.50. The van der Waals surface area contributed by atoms with Crippen molar-refractivity contribution in [3.8, 4) is 0 Å². The van der Waals surface area contributed by atoms with Gasteiger partial charge in [0.05, 0.1) is 6.54 Å². The van der Waals surface area contributed by atoms with Gasteiger partial charge in [0, 0.05) is 26.2 Å². The van der Waals surface area contributed by atoms with Crippen LogP contribution in [0.4, 0.5) is 0 Å². The predicted molar refractivity (Wildman–Crippen MR) is 68.4 cm³/mol. The van der Waals surface area contributed by atoms with E-state index in [2.05, 4.69) is 10.6 Å². The summed E-state index contributed by atoms with van der Waals surface area (Å²) in [5.74, 6) is -1.14. The van der Waals surface area contributed by atoms with Crippen LogP contribution < -0.4 is 10.6 Å². The summed E-state index contributed by atoms with van der Waals surface area (Å²) in [4.78, 5) is 24.8. The second-order valence-corrected chi connectivity index (χ2v) is 4.63. The smallest absolute Gasteiger partial charge is 0.326 e. The van der Waals surface area contributed by atoms with Crippen molar-refractivity contribution in [2.45, 2.75) is 32.2 Å². The Morgan fingerprint density at radius 3 is 2.61 bits per heavy atom. The Morgan fingerprint density at radius 2 is 2.06 bits per heavy atom. The van der Waals surface area contributed by atoms with Crippen LogP contribution in [0, 0.1) is 0 Å². The molecule has 0 aromatic carbocycles. The Bertz CT molecular complexity index is 278. The molecule has 1 unspecified atom stereocenters. The van der Waals surface area contributed by atoms with Gasteiger partial charge in [-0.2, -0.15) is 0 Å². The number of aliphatic carboxylic acids is 1. The van der Waals surface area contributed by atoms with E-state index in [1.165, 1.54) is 0 Å². The average molecular weight is 257 g/mol. The summed E-state index contributed by atoms with van der Waals surface area (Å²) < 4.78 is 0. The molecule has 1 atom stereocenters. The molecule has 1 rings (SSSR count).